The molecule has 1 aromatic rings. The van der Waals surface area contributed by atoms with Gasteiger partial charge in [0.1, 0.15) is 0 Å². The summed E-state index contributed by atoms with van der Waals surface area (Å²) in [4.78, 5) is 10.3. The van der Waals surface area contributed by atoms with Gasteiger partial charge in [-0.2, -0.15) is 0 Å². The minimum atomic E-state index is 0.501. The lowest BCUT2D eigenvalue weighted by molar-refractivity contribution is 0.260. The van der Waals surface area contributed by atoms with Crippen molar-refractivity contribution in [2.45, 2.75) is 20.8 Å². The van der Waals surface area contributed by atoms with E-state index in [4.69, 9.17) is 14.2 Å². The molecule has 4 heteroatoms. The molecule has 19 heavy (non-hydrogen) atoms. The maximum atomic E-state index is 10.3. The molecule has 1 radical (unpaired) electrons. The number of benzene rings is 1. The van der Waals surface area contributed by atoms with Crippen LogP contribution in [-0.2, 0) is 4.79 Å². The minimum absolute atomic E-state index is 0.501. The zero-order valence-corrected chi connectivity index (χ0v) is 11.6. The maximum Gasteiger partial charge on any atom is 0.225 e. The molecule has 0 saturated carbocycles. The van der Waals surface area contributed by atoms with E-state index in [0.29, 0.717) is 37.1 Å². The van der Waals surface area contributed by atoms with Gasteiger partial charge in [0.25, 0.3) is 0 Å². The number of carbonyl (C=O) groups excluding carboxylic acids is 1. The highest BCUT2D eigenvalue weighted by Crippen LogP contribution is 2.41. The lowest BCUT2D eigenvalue weighted by Crippen LogP contribution is -2.03. The molecule has 0 aliphatic carbocycles. The van der Waals surface area contributed by atoms with Crippen LogP contribution in [0.25, 0.3) is 6.08 Å². The first kappa shape index (κ1) is 15.1. The van der Waals surface area contributed by atoms with Gasteiger partial charge in [-0.25, -0.2) is 0 Å². The normalized spacial score (nSPS) is 10.5. The first-order valence-corrected chi connectivity index (χ1v) is 6.38. The predicted octanol–water partition coefficient (Wildman–Crippen LogP) is 3.01. The third-order valence-electron chi connectivity index (χ3n) is 2.31. The van der Waals surface area contributed by atoms with Crippen LogP contribution in [0.15, 0.2) is 18.2 Å². The smallest absolute Gasteiger partial charge is 0.225 e. The van der Waals surface area contributed by atoms with E-state index in [9.17, 15) is 4.79 Å². The van der Waals surface area contributed by atoms with Gasteiger partial charge in [0, 0.05) is 5.56 Å². The van der Waals surface area contributed by atoms with Crippen LogP contribution >= 0.6 is 0 Å². The average Bonchev–Trinajstić information content (AvgIpc) is 2.42. The van der Waals surface area contributed by atoms with E-state index in [1.807, 2.05) is 32.9 Å². The molecular formula is C15H19O4. The summed E-state index contributed by atoms with van der Waals surface area (Å²) in [6, 6.07) is 3.63. The molecule has 0 unspecified atom stereocenters. The molecule has 0 aliphatic heterocycles. The van der Waals surface area contributed by atoms with Crippen LogP contribution in [0.2, 0.25) is 0 Å². The zero-order chi connectivity index (χ0) is 14.1. The van der Waals surface area contributed by atoms with Crippen molar-refractivity contribution in [3.05, 3.63) is 23.8 Å². The minimum Gasteiger partial charge on any atom is -0.490 e. The van der Waals surface area contributed by atoms with Gasteiger partial charge in [0.2, 0.25) is 12.0 Å². The van der Waals surface area contributed by atoms with Crippen molar-refractivity contribution in [1.82, 2.24) is 0 Å². The fourth-order valence-corrected chi connectivity index (χ4v) is 1.66. The van der Waals surface area contributed by atoms with Gasteiger partial charge in [-0.3, -0.25) is 4.79 Å². The van der Waals surface area contributed by atoms with Crippen LogP contribution in [0.3, 0.4) is 0 Å². The predicted molar refractivity (Wildman–Crippen MR) is 74.7 cm³/mol. The second-order valence-corrected chi connectivity index (χ2v) is 3.56. The number of ether oxygens (including phenoxy) is 3. The van der Waals surface area contributed by atoms with E-state index in [-0.39, 0.29) is 0 Å². The second kappa shape index (κ2) is 8.19. The van der Waals surface area contributed by atoms with Gasteiger partial charge < -0.3 is 14.2 Å². The van der Waals surface area contributed by atoms with Gasteiger partial charge in [0.15, 0.2) is 11.5 Å². The highest BCUT2D eigenvalue weighted by atomic mass is 16.5. The third-order valence-corrected chi connectivity index (χ3v) is 2.31. The first-order chi connectivity index (χ1) is 9.28. The molecule has 0 aliphatic rings. The SMILES string of the molecule is CCOc1ccc(C=C[C]=O)c(OCC)c1OCC. The summed E-state index contributed by atoms with van der Waals surface area (Å²) in [5.74, 6) is 1.79. The van der Waals surface area contributed by atoms with E-state index in [0.717, 1.165) is 5.56 Å². The molecule has 4 nitrogen and oxygen atoms in total. The molecule has 0 saturated heterocycles. The third kappa shape index (κ3) is 4.02. The molecule has 0 bridgehead atoms. The molecule has 0 atom stereocenters. The summed E-state index contributed by atoms with van der Waals surface area (Å²) in [6.45, 7) is 7.25. The Bertz CT molecular complexity index is 438. The van der Waals surface area contributed by atoms with Crippen LogP contribution in [0.1, 0.15) is 26.3 Å². The Morgan fingerprint density at radius 2 is 1.63 bits per heavy atom. The number of hydrogen-bond acceptors (Lipinski definition) is 4. The molecular weight excluding hydrogens is 244 g/mol. The summed E-state index contributed by atoms with van der Waals surface area (Å²) >= 11 is 0. The van der Waals surface area contributed by atoms with Crippen molar-refractivity contribution in [3.63, 3.8) is 0 Å². The van der Waals surface area contributed by atoms with Gasteiger partial charge in [-0.15, -0.1) is 0 Å². The topological polar surface area (TPSA) is 44.8 Å². The van der Waals surface area contributed by atoms with E-state index in [1.165, 1.54) is 6.08 Å². The Hall–Kier alpha value is -1.97. The van der Waals surface area contributed by atoms with Crippen molar-refractivity contribution in [2.75, 3.05) is 19.8 Å². The summed E-state index contributed by atoms with van der Waals surface area (Å²) in [6.07, 6.45) is 4.65. The first-order valence-electron chi connectivity index (χ1n) is 6.38. The molecule has 0 heterocycles. The van der Waals surface area contributed by atoms with E-state index in [2.05, 4.69) is 0 Å². The number of allylic oxidation sites excluding steroid dienone is 1. The number of rotatable bonds is 8. The Morgan fingerprint density at radius 3 is 2.21 bits per heavy atom. The molecule has 0 aromatic heterocycles. The van der Waals surface area contributed by atoms with E-state index >= 15 is 0 Å². The highest BCUT2D eigenvalue weighted by molar-refractivity contribution is 5.77. The standard InChI is InChI=1S/C15H19O4/c1-4-17-13-10-9-12(8-7-11-16)14(18-5-2)15(13)19-6-3/h7-10H,4-6H2,1-3H3. The van der Waals surface area contributed by atoms with Crippen molar-refractivity contribution >= 4 is 12.4 Å². The quantitative estimate of drug-likeness (QED) is 0.676. The van der Waals surface area contributed by atoms with E-state index < -0.39 is 0 Å². The van der Waals surface area contributed by atoms with Crippen molar-refractivity contribution in [3.8, 4) is 17.2 Å². The Morgan fingerprint density at radius 1 is 1.00 bits per heavy atom. The van der Waals surface area contributed by atoms with Crippen LogP contribution in [0, 0.1) is 0 Å². The van der Waals surface area contributed by atoms with Crippen molar-refractivity contribution < 1.29 is 19.0 Å². The summed E-state index contributed by atoms with van der Waals surface area (Å²) in [5.41, 5.74) is 0.761. The van der Waals surface area contributed by atoms with Crippen molar-refractivity contribution in [1.29, 1.82) is 0 Å². The maximum absolute atomic E-state index is 10.3. The number of hydrogen-bond donors (Lipinski definition) is 0. The van der Waals surface area contributed by atoms with Crippen LogP contribution in [0.4, 0.5) is 0 Å². The lowest BCUT2D eigenvalue weighted by Gasteiger charge is -2.17. The molecule has 0 fully saturated rings. The van der Waals surface area contributed by atoms with Gasteiger partial charge in [0.05, 0.1) is 19.8 Å². The molecule has 1 aromatic carbocycles. The molecule has 0 N–H and O–H groups in total. The summed E-state index contributed by atoms with van der Waals surface area (Å²) < 4.78 is 16.8. The highest BCUT2D eigenvalue weighted by Gasteiger charge is 2.15. The fourth-order valence-electron chi connectivity index (χ4n) is 1.66. The van der Waals surface area contributed by atoms with Crippen LogP contribution < -0.4 is 14.2 Å². The Kier molecular flexibility index (Phi) is 6.50. The molecule has 0 amide bonds. The van der Waals surface area contributed by atoms with Crippen LogP contribution in [-0.4, -0.2) is 26.1 Å². The summed E-state index contributed by atoms with van der Waals surface area (Å²) in [5, 5.41) is 0. The second-order valence-electron chi connectivity index (χ2n) is 3.56. The molecule has 1 rings (SSSR count). The van der Waals surface area contributed by atoms with Crippen LogP contribution in [0.5, 0.6) is 17.2 Å². The Balaban J connectivity index is 3.29. The summed E-state index contributed by atoms with van der Waals surface area (Å²) in [7, 11) is 0. The zero-order valence-electron chi connectivity index (χ0n) is 11.6. The van der Waals surface area contributed by atoms with Crippen molar-refractivity contribution in [2.24, 2.45) is 0 Å². The van der Waals surface area contributed by atoms with Gasteiger partial charge in [-0.05, 0) is 45.1 Å². The largest absolute Gasteiger partial charge is 0.490 e. The lowest BCUT2D eigenvalue weighted by atomic mass is 10.1. The Labute approximate surface area is 114 Å². The molecule has 0 spiro atoms. The van der Waals surface area contributed by atoms with E-state index in [1.54, 1.807) is 12.4 Å². The fraction of sp³-hybridized carbons (Fsp3) is 0.400. The average molecular weight is 263 g/mol. The van der Waals surface area contributed by atoms with Gasteiger partial charge >= 0.3 is 0 Å². The van der Waals surface area contributed by atoms with Gasteiger partial charge in [-0.1, -0.05) is 0 Å². The molecule has 103 valence electrons. The monoisotopic (exact) mass is 263 g/mol.